The normalized spacial score (nSPS) is 11.0. The van der Waals surface area contributed by atoms with Crippen molar-refractivity contribution < 1.29 is 4.79 Å². The summed E-state index contributed by atoms with van der Waals surface area (Å²) in [6.07, 6.45) is 0.589. The number of nitrogens with one attached hydrogen (secondary N) is 3. The Kier molecular flexibility index (Phi) is 6.16. The summed E-state index contributed by atoms with van der Waals surface area (Å²) >= 11 is 0. The molecule has 0 saturated heterocycles. The maximum atomic E-state index is 12.2. The van der Waals surface area contributed by atoms with Gasteiger partial charge in [0.2, 0.25) is 5.91 Å². The zero-order valence-corrected chi connectivity index (χ0v) is 16.9. The fourth-order valence-corrected chi connectivity index (χ4v) is 3.22. The zero-order chi connectivity index (χ0) is 21.0. The number of benzene rings is 1. The molecule has 3 rings (SSSR count). The van der Waals surface area contributed by atoms with Crippen LogP contribution in [0.4, 0.5) is 5.69 Å². The highest BCUT2D eigenvalue weighted by atomic mass is 16.2. The fraction of sp³-hybridized carbons (Fsp3) is 0.400. The summed E-state index contributed by atoms with van der Waals surface area (Å²) in [6.45, 7) is 6.25. The van der Waals surface area contributed by atoms with Gasteiger partial charge in [0.1, 0.15) is 11.3 Å². The van der Waals surface area contributed by atoms with Gasteiger partial charge >= 0.3 is 5.69 Å². The van der Waals surface area contributed by atoms with Crippen LogP contribution < -0.4 is 21.5 Å². The number of aryl methyl sites for hydroxylation is 3. The number of imidazole rings is 1. The Morgan fingerprint density at radius 1 is 1.28 bits per heavy atom. The SMILES string of the molecule is CCN(CCNC(=O)CCc1nc2c([nH]1)c(=O)[nH]c(=O)n2C)c1cccc(C)c1. The molecule has 0 atom stereocenters. The zero-order valence-electron chi connectivity index (χ0n) is 16.9. The molecule has 1 amide bonds. The molecule has 0 saturated carbocycles. The summed E-state index contributed by atoms with van der Waals surface area (Å²) in [5, 5.41) is 2.92. The quantitative estimate of drug-likeness (QED) is 0.520. The van der Waals surface area contributed by atoms with Crippen LogP contribution in [0.1, 0.15) is 24.7 Å². The molecule has 0 radical (unpaired) electrons. The molecule has 154 valence electrons. The van der Waals surface area contributed by atoms with Crippen LogP contribution in [0.25, 0.3) is 11.2 Å². The van der Waals surface area contributed by atoms with Gasteiger partial charge in [-0.25, -0.2) is 9.78 Å². The molecule has 2 aromatic heterocycles. The Morgan fingerprint density at radius 3 is 2.79 bits per heavy atom. The molecule has 1 aromatic carbocycles. The summed E-state index contributed by atoms with van der Waals surface area (Å²) in [4.78, 5) is 47.3. The van der Waals surface area contributed by atoms with Crippen LogP contribution in [0.5, 0.6) is 0 Å². The molecular formula is C20H26N6O3. The van der Waals surface area contributed by atoms with E-state index in [9.17, 15) is 14.4 Å². The van der Waals surface area contributed by atoms with E-state index in [1.54, 1.807) is 0 Å². The minimum Gasteiger partial charge on any atom is -0.370 e. The molecule has 29 heavy (non-hydrogen) atoms. The summed E-state index contributed by atoms with van der Waals surface area (Å²) in [5.41, 5.74) is 1.83. The summed E-state index contributed by atoms with van der Waals surface area (Å²) in [5.74, 6) is 0.408. The third kappa shape index (κ3) is 4.74. The van der Waals surface area contributed by atoms with Crippen molar-refractivity contribution in [2.24, 2.45) is 7.05 Å². The first kappa shape index (κ1) is 20.4. The van der Waals surface area contributed by atoms with Gasteiger partial charge in [0.05, 0.1) is 0 Å². The van der Waals surface area contributed by atoms with E-state index in [2.05, 4.69) is 57.2 Å². The van der Waals surface area contributed by atoms with Crippen LogP contribution in [0.15, 0.2) is 33.9 Å². The molecule has 0 aliphatic carbocycles. The number of aromatic nitrogens is 4. The molecule has 2 heterocycles. The molecule has 9 nitrogen and oxygen atoms in total. The number of H-pyrrole nitrogens is 2. The Hall–Kier alpha value is -3.36. The highest BCUT2D eigenvalue weighted by molar-refractivity contribution is 5.76. The average molecular weight is 398 g/mol. The number of fused-ring (bicyclic) bond motifs is 1. The monoisotopic (exact) mass is 398 g/mol. The van der Waals surface area contributed by atoms with E-state index in [0.717, 1.165) is 12.2 Å². The van der Waals surface area contributed by atoms with Crippen LogP contribution in [-0.4, -0.2) is 45.1 Å². The molecule has 3 N–H and O–H groups in total. The second-order valence-electron chi connectivity index (χ2n) is 6.97. The number of rotatable bonds is 8. The summed E-state index contributed by atoms with van der Waals surface area (Å²) in [6, 6.07) is 8.28. The largest absolute Gasteiger partial charge is 0.370 e. The molecule has 9 heteroatoms. The first-order valence-electron chi connectivity index (χ1n) is 9.65. The Morgan fingerprint density at radius 2 is 2.07 bits per heavy atom. The smallest absolute Gasteiger partial charge is 0.329 e. The van der Waals surface area contributed by atoms with Gasteiger partial charge in [-0.2, -0.15) is 0 Å². The topological polar surface area (TPSA) is 116 Å². The van der Waals surface area contributed by atoms with E-state index in [0.29, 0.717) is 25.3 Å². The first-order chi connectivity index (χ1) is 13.9. The minimum atomic E-state index is -0.521. The van der Waals surface area contributed by atoms with E-state index in [1.807, 2.05) is 6.07 Å². The minimum absolute atomic E-state index is 0.0893. The van der Waals surface area contributed by atoms with E-state index in [4.69, 9.17) is 0 Å². The van der Waals surface area contributed by atoms with Gasteiger partial charge in [0.25, 0.3) is 5.56 Å². The lowest BCUT2D eigenvalue weighted by Crippen LogP contribution is -2.35. The lowest BCUT2D eigenvalue weighted by molar-refractivity contribution is -0.121. The second kappa shape index (κ2) is 8.76. The van der Waals surface area contributed by atoms with Crippen LogP contribution in [0, 0.1) is 6.92 Å². The molecule has 0 spiro atoms. The van der Waals surface area contributed by atoms with Gasteiger partial charge in [-0.15, -0.1) is 0 Å². The number of anilines is 1. The summed E-state index contributed by atoms with van der Waals surface area (Å²) in [7, 11) is 1.53. The Labute approximate surface area is 167 Å². The van der Waals surface area contributed by atoms with Gasteiger partial charge in [-0.05, 0) is 31.5 Å². The van der Waals surface area contributed by atoms with Crippen LogP contribution in [0.3, 0.4) is 0 Å². The number of carbonyl (C=O) groups excluding carboxylic acids is 1. The van der Waals surface area contributed by atoms with Crippen molar-refractivity contribution in [1.82, 2.24) is 24.8 Å². The first-order valence-corrected chi connectivity index (χ1v) is 9.65. The molecule has 0 fully saturated rings. The van der Waals surface area contributed by atoms with Gasteiger partial charge in [0.15, 0.2) is 5.65 Å². The third-order valence-corrected chi connectivity index (χ3v) is 4.84. The van der Waals surface area contributed by atoms with Gasteiger partial charge < -0.3 is 15.2 Å². The molecule has 0 bridgehead atoms. The third-order valence-electron chi connectivity index (χ3n) is 4.84. The van der Waals surface area contributed by atoms with Gasteiger partial charge in [-0.1, -0.05) is 12.1 Å². The van der Waals surface area contributed by atoms with Crippen molar-refractivity contribution in [2.45, 2.75) is 26.7 Å². The molecular weight excluding hydrogens is 372 g/mol. The lowest BCUT2D eigenvalue weighted by atomic mass is 10.2. The predicted molar refractivity (Wildman–Crippen MR) is 112 cm³/mol. The van der Waals surface area contributed by atoms with Crippen molar-refractivity contribution in [3.05, 3.63) is 56.5 Å². The highest BCUT2D eigenvalue weighted by Crippen LogP contribution is 2.15. The van der Waals surface area contributed by atoms with Gasteiger partial charge in [-0.3, -0.25) is 19.1 Å². The number of hydrogen-bond acceptors (Lipinski definition) is 5. The number of hydrogen-bond donors (Lipinski definition) is 3. The van der Waals surface area contributed by atoms with Crippen molar-refractivity contribution in [3.8, 4) is 0 Å². The van der Waals surface area contributed by atoms with Crippen molar-refractivity contribution in [3.63, 3.8) is 0 Å². The predicted octanol–water partition coefficient (Wildman–Crippen LogP) is 0.834. The molecule has 3 aromatic rings. The Bertz CT molecular complexity index is 1130. The number of likely N-dealkylation sites (N-methyl/N-ethyl adjacent to an activating group) is 1. The van der Waals surface area contributed by atoms with E-state index in [1.165, 1.54) is 17.2 Å². The molecule has 0 unspecified atom stereocenters. The van der Waals surface area contributed by atoms with Crippen molar-refractivity contribution in [1.29, 1.82) is 0 Å². The maximum Gasteiger partial charge on any atom is 0.329 e. The second-order valence-corrected chi connectivity index (χ2v) is 6.97. The molecule has 0 aliphatic heterocycles. The number of carbonyl (C=O) groups is 1. The Balaban J connectivity index is 1.53. The van der Waals surface area contributed by atoms with E-state index >= 15 is 0 Å². The highest BCUT2D eigenvalue weighted by Gasteiger charge is 2.12. The van der Waals surface area contributed by atoms with Crippen molar-refractivity contribution in [2.75, 3.05) is 24.5 Å². The number of nitrogens with zero attached hydrogens (tertiary/aromatic N) is 3. The molecule has 0 aliphatic rings. The summed E-state index contributed by atoms with van der Waals surface area (Å²) < 4.78 is 1.27. The van der Waals surface area contributed by atoms with Crippen molar-refractivity contribution >= 4 is 22.8 Å². The number of amides is 1. The maximum absolute atomic E-state index is 12.2. The van der Waals surface area contributed by atoms with E-state index < -0.39 is 11.2 Å². The van der Waals surface area contributed by atoms with Crippen LogP contribution in [0.2, 0.25) is 0 Å². The lowest BCUT2D eigenvalue weighted by Gasteiger charge is -2.23. The standard InChI is InChI=1S/C20H26N6O3/c1-4-26(14-7-5-6-13(2)12-14)11-10-21-16(27)9-8-15-22-17-18(23-15)25(3)20(29)24-19(17)28/h5-7,12H,4,8-11H2,1-3H3,(H,21,27)(H,22,23)(H,24,28,29). The van der Waals surface area contributed by atoms with E-state index in [-0.39, 0.29) is 23.5 Å². The van der Waals surface area contributed by atoms with Gasteiger partial charge in [0, 0.05) is 45.2 Å². The van der Waals surface area contributed by atoms with Crippen LogP contribution >= 0.6 is 0 Å². The van der Waals surface area contributed by atoms with Crippen LogP contribution in [-0.2, 0) is 18.3 Å². The average Bonchev–Trinajstić information content (AvgIpc) is 3.13. The number of aromatic amines is 2. The fourth-order valence-electron chi connectivity index (χ4n) is 3.22.